The minimum Gasteiger partial charge on any atom is -0.496 e. The van der Waals surface area contributed by atoms with E-state index in [1.807, 2.05) is 0 Å². The van der Waals surface area contributed by atoms with E-state index in [9.17, 15) is 14.7 Å². The number of hydrogen-bond donors (Lipinski definition) is 2. The summed E-state index contributed by atoms with van der Waals surface area (Å²) in [5, 5.41) is 11.8. The zero-order valence-corrected chi connectivity index (χ0v) is 13.6. The summed E-state index contributed by atoms with van der Waals surface area (Å²) in [6, 6.07) is 4.87. The molecule has 0 fully saturated rings. The molecule has 1 amide bonds. The zero-order chi connectivity index (χ0) is 16.9. The number of hydrogen-bond acceptors (Lipinski definition) is 4. The van der Waals surface area contributed by atoms with Gasteiger partial charge in [0.1, 0.15) is 11.4 Å². The van der Waals surface area contributed by atoms with Crippen molar-refractivity contribution in [3.05, 3.63) is 23.8 Å². The first-order valence-electron chi connectivity index (χ1n) is 7.08. The molecule has 0 aliphatic rings. The summed E-state index contributed by atoms with van der Waals surface area (Å²) in [5.74, 6) is -1.14. The number of aliphatic carboxylic acids is 1. The highest BCUT2D eigenvalue weighted by molar-refractivity contribution is 5.86. The maximum absolute atomic E-state index is 11.7. The molecule has 0 bridgehead atoms. The summed E-state index contributed by atoms with van der Waals surface area (Å²) >= 11 is 0. The van der Waals surface area contributed by atoms with Gasteiger partial charge in [-0.15, -0.1) is 0 Å². The number of rotatable bonds is 5. The van der Waals surface area contributed by atoms with Gasteiger partial charge in [-0.3, -0.25) is 10.1 Å². The summed E-state index contributed by atoms with van der Waals surface area (Å²) in [5.41, 5.74) is 0.465. The summed E-state index contributed by atoms with van der Waals surface area (Å²) in [4.78, 5) is 23.0. The Kier molecular flexibility index (Phi) is 5.79. The quantitative estimate of drug-likeness (QED) is 0.867. The van der Waals surface area contributed by atoms with Crippen LogP contribution in [0.2, 0.25) is 0 Å². The van der Waals surface area contributed by atoms with Crippen LogP contribution in [0.25, 0.3) is 0 Å². The van der Waals surface area contributed by atoms with E-state index in [1.165, 1.54) is 7.11 Å². The molecule has 22 heavy (non-hydrogen) atoms. The molecule has 1 aromatic carbocycles. The second-order valence-electron chi connectivity index (χ2n) is 5.88. The van der Waals surface area contributed by atoms with Crippen molar-refractivity contribution < 1.29 is 24.2 Å². The fourth-order valence-corrected chi connectivity index (χ4v) is 2.03. The van der Waals surface area contributed by atoms with Gasteiger partial charge in [0.15, 0.2) is 0 Å². The monoisotopic (exact) mass is 309 g/mol. The lowest BCUT2D eigenvalue weighted by molar-refractivity contribution is -0.138. The summed E-state index contributed by atoms with van der Waals surface area (Å²) < 4.78 is 10.4. The van der Waals surface area contributed by atoms with Crippen molar-refractivity contribution in [1.29, 1.82) is 0 Å². The highest BCUT2D eigenvalue weighted by Crippen LogP contribution is 2.32. The Balaban J connectivity index is 2.98. The molecule has 1 aromatic rings. The maximum Gasteiger partial charge on any atom is 0.412 e. The third kappa shape index (κ3) is 4.95. The molecule has 2 N–H and O–H groups in total. The number of carboxylic acids is 1. The van der Waals surface area contributed by atoms with Crippen LogP contribution in [0.3, 0.4) is 0 Å². The van der Waals surface area contributed by atoms with E-state index in [0.29, 0.717) is 23.4 Å². The van der Waals surface area contributed by atoms with Crippen LogP contribution in [-0.2, 0) is 9.53 Å². The van der Waals surface area contributed by atoms with Gasteiger partial charge in [-0.1, -0.05) is 13.0 Å². The number of nitrogens with one attached hydrogen (secondary N) is 1. The fourth-order valence-electron chi connectivity index (χ4n) is 2.03. The van der Waals surface area contributed by atoms with Crippen LogP contribution < -0.4 is 10.1 Å². The topological polar surface area (TPSA) is 84.9 Å². The second kappa shape index (κ2) is 7.15. The molecular formula is C16H23NO5. The minimum atomic E-state index is -0.909. The highest BCUT2D eigenvalue weighted by atomic mass is 16.6. The molecule has 0 spiro atoms. The number of ether oxygens (including phenoxy) is 2. The van der Waals surface area contributed by atoms with Gasteiger partial charge in [-0.2, -0.15) is 0 Å². The molecule has 6 heteroatoms. The first-order chi connectivity index (χ1) is 10.2. The largest absolute Gasteiger partial charge is 0.496 e. The van der Waals surface area contributed by atoms with Crippen LogP contribution in [0, 0.1) is 0 Å². The summed E-state index contributed by atoms with van der Waals surface area (Å²) in [6.07, 6.45) is -0.127. The minimum absolute atomic E-state index is 0.419. The van der Waals surface area contributed by atoms with Gasteiger partial charge in [0, 0.05) is 17.3 Å². The van der Waals surface area contributed by atoms with E-state index in [4.69, 9.17) is 9.47 Å². The van der Waals surface area contributed by atoms with E-state index in [0.717, 1.165) is 0 Å². The Bertz CT molecular complexity index is 548. The lowest BCUT2D eigenvalue weighted by Crippen LogP contribution is -2.27. The smallest absolute Gasteiger partial charge is 0.412 e. The number of carbonyl (C=O) groups excluding carboxylic acids is 1. The maximum atomic E-state index is 11.7. The SMILES string of the molecule is CCC(C(=O)O)c1ccc(NC(=O)OC(C)(C)C)cc1OC. The number of amides is 1. The van der Waals surface area contributed by atoms with Crippen LogP contribution >= 0.6 is 0 Å². The average Bonchev–Trinajstić information content (AvgIpc) is 2.38. The predicted octanol–water partition coefficient (Wildman–Crippen LogP) is 3.62. The van der Waals surface area contributed by atoms with E-state index in [1.54, 1.807) is 45.9 Å². The van der Waals surface area contributed by atoms with E-state index < -0.39 is 23.6 Å². The Morgan fingerprint density at radius 1 is 1.32 bits per heavy atom. The van der Waals surface area contributed by atoms with Gasteiger partial charge >= 0.3 is 12.1 Å². The van der Waals surface area contributed by atoms with Crippen molar-refractivity contribution in [3.63, 3.8) is 0 Å². The number of benzene rings is 1. The molecule has 0 heterocycles. The van der Waals surface area contributed by atoms with Crippen LogP contribution in [0.15, 0.2) is 18.2 Å². The molecule has 0 aliphatic carbocycles. The molecule has 1 rings (SSSR count). The van der Waals surface area contributed by atoms with Crippen LogP contribution in [0.4, 0.5) is 10.5 Å². The number of anilines is 1. The van der Waals surface area contributed by atoms with Crippen molar-refractivity contribution in [2.45, 2.75) is 45.6 Å². The van der Waals surface area contributed by atoms with Gasteiger partial charge in [-0.05, 0) is 33.3 Å². The third-order valence-electron chi connectivity index (χ3n) is 2.96. The Morgan fingerprint density at radius 3 is 2.41 bits per heavy atom. The molecule has 6 nitrogen and oxygen atoms in total. The second-order valence-corrected chi connectivity index (χ2v) is 5.88. The first-order valence-corrected chi connectivity index (χ1v) is 7.08. The number of methoxy groups -OCH3 is 1. The van der Waals surface area contributed by atoms with E-state index in [-0.39, 0.29) is 0 Å². The molecule has 122 valence electrons. The lowest BCUT2D eigenvalue weighted by atomic mass is 9.95. The lowest BCUT2D eigenvalue weighted by Gasteiger charge is -2.20. The fraction of sp³-hybridized carbons (Fsp3) is 0.500. The third-order valence-corrected chi connectivity index (χ3v) is 2.96. The van der Waals surface area contributed by atoms with Gasteiger partial charge in [0.25, 0.3) is 0 Å². The molecule has 0 aliphatic heterocycles. The Morgan fingerprint density at radius 2 is 1.95 bits per heavy atom. The van der Waals surface area contributed by atoms with E-state index >= 15 is 0 Å². The first kappa shape index (κ1) is 17.8. The summed E-state index contributed by atoms with van der Waals surface area (Å²) in [6.45, 7) is 7.12. The van der Waals surface area contributed by atoms with Crippen LogP contribution in [-0.4, -0.2) is 29.9 Å². The molecule has 0 saturated heterocycles. The van der Waals surface area contributed by atoms with Crippen molar-refractivity contribution in [2.24, 2.45) is 0 Å². The van der Waals surface area contributed by atoms with E-state index in [2.05, 4.69) is 5.32 Å². The molecule has 0 radical (unpaired) electrons. The summed E-state index contributed by atoms with van der Waals surface area (Å²) in [7, 11) is 1.46. The van der Waals surface area contributed by atoms with Gasteiger partial charge < -0.3 is 14.6 Å². The standard InChI is InChI=1S/C16H23NO5/c1-6-11(14(18)19)12-8-7-10(9-13(12)21-5)17-15(20)22-16(2,3)4/h7-9,11H,6H2,1-5H3,(H,17,20)(H,18,19). The highest BCUT2D eigenvalue weighted by Gasteiger charge is 2.22. The van der Waals surface area contributed by atoms with Crippen molar-refractivity contribution >= 4 is 17.7 Å². The van der Waals surface area contributed by atoms with Crippen LogP contribution in [0.5, 0.6) is 5.75 Å². The van der Waals surface area contributed by atoms with Gasteiger partial charge in [0.05, 0.1) is 13.0 Å². The Labute approximate surface area is 130 Å². The molecule has 1 unspecified atom stereocenters. The van der Waals surface area contributed by atoms with Crippen molar-refractivity contribution in [2.75, 3.05) is 12.4 Å². The number of carboxylic acid groups (broad SMARTS) is 1. The zero-order valence-electron chi connectivity index (χ0n) is 13.6. The molecular weight excluding hydrogens is 286 g/mol. The van der Waals surface area contributed by atoms with Crippen molar-refractivity contribution in [3.8, 4) is 5.75 Å². The van der Waals surface area contributed by atoms with Crippen LogP contribution in [0.1, 0.15) is 45.6 Å². The predicted molar refractivity (Wildman–Crippen MR) is 83.5 cm³/mol. The molecule has 1 atom stereocenters. The van der Waals surface area contributed by atoms with Gasteiger partial charge in [-0.25, -0.2) is 4.79 Å². The van der Waals surface area contributed by atoms with Gasteiger partial charge in [0.2, 0.25) is 0 Å². The molecule has 0 saturated carbocycles. The normalized spacial score (nSPS) is 12.4. The average molecular weight is 309 g/mol. The Hall–Kier alpha value is -2.24. The van der Waals surface area contributed by atoms with Crippen molar-refractivity contribution in [1.82, 2.24) is 0 Å². The number of carbonyl (C=O) groups is 2. The molecule has 0 aromatic heterocycles.